The Balaban J connectivity index is 1.92. The van der Waals surface area contributed by atoms with Crippen molar-refractivity contribution in [3.05, 3.63) is 35.5 Å². The van der Waals surface area contributed by atoms with Crippen molar-refractivity contribution >= 4 is 11.7 Å². The summed E-state index contributed by atoms with van der Waals surface area (Å²) >= 11 is 0. The molecule has 0 spiro atoms. The number of carbonyl (C=O) groups is 1. The molecule has 2 atom stereocenters. The van der Waals surface area contributed by atoms with Gasteiger partial charge in [-0.1, -0.05) is 31.6 Å². The number of hydrogen-bond acceptors (Lipinski definition) is 3. The van der Waals surface area contributed by atoms with Gasteiger partial charge in [0.1, 0.15) is 5.82 Å². The largest absolute Gasteiger partial charge is 0.363 e. The molecule has 2 unspecified atom stereocenters. The second-order valence-electron chi connectivity index (χ2n) is 7.21. The lowest BCUT2D eigenvalue weighted by molar-refractivity contribution is -0.123. The molecule has 1 N–H and O–H groups in total. The van der Waals surface area contributed by atoms with Gasteiger partial charge < -0.3 is 10.2 Å². The zero-order valence-corrected chi connectivity index (χ0v) is 14.5. The van der Waals surface area contributed by atoms with Crippen LogP contribution in [0.5, 0.6) is 0 Å². The van der Waals surface area contributed by atoms with Crippen LogP contribution in [0.15, 0.2) is 30.0 Å². The Bertz CT molecular complexity index is 568. The second-order valence-corrected chi connectivity index (χ2v) is 7.21. The van der Waals surface area contributed by atoms with Gasteiger partial charge in [0.05, 0.1) is 5.92 Å². The van der Waals surface area contributed by atoms with Crippen LogP contribution in [0, 0.1) is 17.3 Å². The molecule has 1 fully saturated rings. The fraction of sp³-hybridized carbons (Fsp3) is 0.556. The molecule has 4 heteroatoms. The number of hydrogen-bond donors (Lipinski definition) is 1. The van der Waals surface area contributed by atoms with Crippen molar-refractivity contribution in [2.24, 2.45) is 17.3 Å². The lowest BCUT2D eigenvalue weighted by Crippen LogP contribution is -2.26. The van der Waals surface area contributed by atoms with Gasteiger partial charge in [0.15, 0.2) is 0 Å². The topological polar surface area (TPSA) is 45.2 Å². The molecule has 0 saturated heterocycles. The average molecular weight is 301 g/mol. The van der Waals surface area contributed by atoms with Crippen LogP contribution in [-0.2, 0) is 11.3 Å². The summed E-state index contributed by atoms with van der Waals surface area (Å²) in [6.07, 6.45) is 4.04. The van der Waals surface area contributed by atoms with Crippen molar-refractivity contribution in [2.45, 2.75) is 34.2 Å². The van der Waals surface area contributed by atoms with Crippen LogP contribution in [-0.4, -0.2) is 25.0 Å². The van der Waals surface area contributed by atoms with Gasteiger partial charge in [0.25, 0.3) is 0 Å². The van der Waals surface area contributed by atoms with E-state index in [0.29, 0.717) is 12.5 Å². The minimum atomic E-state index is 0.0639. The third-order valence-corrected chi connectivity index (χ3v) is 4.44. The molecule has 2 rings (SSSR count). The number of pyridine rings is 1. The van der Waals surface area contributed by atoms with Gasteiger partial charge >= 0.3 is 0 Å². The summed E-state index contributed by atoms with van der Waals surface area (Å²) in [7, 11) is 3.92. The molecule has 0 bridgehead atoms. The minimum absolute atomic E-state index is 0.0639. The zero-order valence-electron chi connectivity index (χ0n) is 14.5. The third-order valence-electron chi connectivity index (χ3n) is 4.44. The van der Waals surface area contributed by atoms with Gasteiger partial charge in [0, 0.05) is 26.8 Å². The summed E-state index contributed by atoms with van der Waals surface area (Å²) in [5, 5.41) is 3.05. The van der Waals surface area contributed by atoms with Crippen molar-refractivity contribution < 1.29 is 4.79 Å². The number of amides is 1. The molecule has 4 nitrogen and oxygen atoms in total. The summed E-state index contributed by atoms with van der Waals surface area (Å²) in [6.45, 7) is 9.03. The highest BCUT2D eigenvalue weighted by molar-refractivity contribution is 5.83. The molecule has 1 aromatic heterocycles. The normalized spacial score (nSPS) is 21.9. The standard InChI is InChI=1S/C18H27N3O/c1-12(2)9-14-16(18(14,3)4)17(22)20-11-13-7-8-15(19-10-13)21(5)6/h7-10,14,16H,11H2,1-6H3,(H,20,22). The van der Waals surface area contributed by atoms with Crippen LogP contribution in [0.3, 0.4) is 0 Å². The molecule has 22 heavy (non-hydrogen) atoms. The molecule has 1 saturated carbocycles. The Labute approximate surface area is 133 Å². The highest BCUT2D eigenvalue weighted by Gasteiger charge is 2.60. The van der Waals surface area contributed by atoms with Gasteiger partial charge in [-0.05, 0) is 36.8 Å². The second kappa shape index (κ2) is 6.11. The van der Waals surface area contributed by atoms with E-state index in [1.807, 2.05) is 37.3 Å². The Kier molecular flexibility index (Phi) is 4.59. The molecular weight excluding hydrogens is 274 g/mol. The quantitative estimate of drug-likeness (QED) is 0.850. The summed E-state index contributed by atoms with van der Waals surface area (Å²) in [4.78, 5) is 18.7. The van der Waals surface area contributed by atoms with Crippen molar-refractivity contribution in [2.75, 3.05) is 19.0 Å². The van der Waals surface area contributed by atoms with Crippen molar-refractivity contribution in [1.29, 1.82) is 0 Å². The molecule has 0 aliphatic heterocycles. The van der Waals surface area contributed by atoms with Crippen molar-refractivity contribution in [3.8, 4) is 0 Å². The molecule has 1 aliphatic rings. The van der Waals surface area contributed by atoms with Gasteiger partial charge in [-0.3, -0.25) is 4.79 Å². The van der Waals surface area contributed by atoms with E-state index in [-0.39, 0.29) is 17.2 Å². The van der Waals surface area contributed by atoms with E-state index in [1.54, 1.807) is 0 Å². The first-order chi connectivity index (χ1) is 10.2. The fourth-order valence-electron chi connectivity index (χ4n) is 2.93. The summed E-state index contributed by atoms with van der Waals surface area (Å²) < 4.78 is 0. The predicted octanol–water partition coefficient (Wildman–Crippen LogP) is 3.00. The first-order valence-electron chi connectivity index (χ1n) is 7.78. The van der Waals surface area contributed by atoms with Gasteiger partial charge in [-0.25, -0.2) is 4.98 Å². The maximum absolute atomic E-state index is 12.4. The molecular formula is C18H27N3O. The maximum atomic E-state index is 12.4. The molecule has 1 heterocycles. The first-order valence-corrected chi connectivity index (χ1v) is 7.78. The number of allylic oxidation sites excluding steroid dienone is 2. The van der Waals surface area contributed by atoms with Crippen molar-refractivity contribution in [1.82, 2.24) is 10.3 Å². The van der Waals surface area contributed by atoms with Crippen LogP contribution in [0.25, 0.3) is 0 Å². The van der Waals surface area contributed by atoms with Crippen LogP contribution in [0.1, 0.15) is 33.3 Å². The molecule has 0 radical (unpaired) electrons. The number of carbonyl (C=O) groups excluding carboxylic acids is 1. The van der Waals surface area contributed by atoms with E-state index in [1.165, 1.54) is 5.57 Å². The fourth-order valence-corrected chi connectivity index (χ4v) is 2.93. The predicted molar refractivity (Wildman–Crippen MR) is 90.6 cm³/mol. The number of nitrogens with zero attached hydrogens (tertiary/aromatic N) is 2. The smallest absolute Gasteiger partial charge is 0.224 e. The van der Waals surface area contributed by atoms with Crippen LogP contribution >= 0.6 is 0 Å². The van der Waals surface area contributed by atoms with Crippen LogP contribution in [0.4, 0.5) is 5.82 Å². The number of anilines is 1. The van der Waals surface area contributed by atoms with Gasteiger partial charge in [-0.15, -0.1) is 0 Å². The lowest BCUT2D eigenvalue weighted by atomic mass is 10.1. The summed E-state index contributed by atoms with van der Waals surface area (Å²) in [6, 6.07) is 3.97. The number of rotatable bonds is 5. The van der Waals surface area contributed by atoms with Crippen molar-refractivity contribution in [3.63, 3.8) is 0 Å². The SMILES string of the molecule is CC(C)=CC1C(C(=O)NCc2ccc(N(C)C)nc2)C1(C)C. The number of aromatic nitrogens is 1. The Morgan fingerprint density at radius 3 is 2.55 bits per heavy atom. The van der Waals surface area contributed by atoms with E-state index in [4.69, 9.17) is 0 Å². The Morgan fingerprint density at radius 2 is 2.05 bits per heavy atom. The van der Waals surface area contributed by atoms with E-state index in [9.17, 15) is 4.79 Å². The Morgan fingerprint density at radius 1 is 1.36 bits per heavy atom. The lowest BCUT2D eigenvalue weighted by Gasteiger charge is -2.11. The van der Waals surface area contributed by atoms with Crippen LogP contribution in [0.2, 0.25) is 0 Å². The van der Waals surface area contributed by atoms with Crippen LogP contribution < -0.4 is 10.2 Å². The highest BCUT2D eigenvalue weighted by atomic mass is 16.2. The third kappa shape index (κ3) is 3.49. The molecule has 0 aromatic carbocycles. The molecule has 1 aromatic rings. The van der Waals surface area contributed by atoms with Gasteiger partial charge in [0.2, 0.25) is 5.91 Å². The highest BCUT2D eigenvalue weighted by Crippen LogP contribution is 2.59. The number of nitrogens with one attached hydrogen (secondary N) is 1. The average Bonchev–Trinajstić information content (AvgIpc) is 2.96. The van der Waals surface area contributed by atoms with E-state index < -0.39 is 0 Å². The zero-order chi connectivity index (χ0) is 16.5. The van der Waals surface area contributed by atoms with E-state index >= 15 is 0 Å². The summed E-state index contributed by atoms with van der Waals surface area (Å²) in [5.74, 6) is 1.49. The van der Waals surface area contributed by atoms with E-state index in [0.717, 1.165) is 11.4 Å². The maximum Gasteiger partial charge on any atom is 0.224 e. The first kappa shape index (κ1) is 16.5. The molecule has 1 aliphatic carbocycles. The van der Waals surface area contributed by atoms with Gasteiger partial charge in [-0.2, -0.15) is 0 Å². The van der Waals surface area contributed by atoms with E-state index in [2.05, 4.69) is 44.1 Å². The molecule has 1 amide bonds. The Hall–Kier alpha value is -1.84. The molecule has 120 valence electrons. The monoisotopic (exact) mass is 301 g/mol. The minimum Gasteiger partial charge on any atom is -0.363 e. The summed E-state index contributed by atoms with van der Waals surface area (Å²) in [5.41, 5.74) is 2.36.